The third-order valence-electron chi connectivity index (χ3n) is 3.26. The fourth-order valence-corrected chi connectivity index (χ4v) is 1.84. The monoisotopic (exact) mass is 234 g/mol. The topological polar surface area (TPSA) is 55.0 Å². The highest BCUT2D eigenvalue weighted by atomic mass is 15.2. The van der Waals surface area contributed by atoms with Gasteiger partial charge in [-0.05, 0) is 19.8 Å². The standard InChI is InChI=1S/C13H22N4/c1-8-10(14)15-12(13(2,3)4)16-11(8)17(5)9-6-7-9/h9H,6-7H2,1-5H3,(H2,14,15,16). The van der Waals surface area contributed by atoms with Crippen LogP contribution in [0.2, 0.25) is 0 Å². The van der Waals surface area contributed by atoms with Crippen molar-refractivity contribution in [3.05, 3.63) is 11.4 Å². The Labute approximate surface area is 103 Å². The zero-order valence-electron chi connectivity index (χ0n) is 11.4. The van der Waals surface area contributed by atoms with Crippen molar-refractivity contribution in [3.8, 4) is 0 Å². The first kappa shape index (κ1) is 12.1. The number of anilines is 2. The summed E-state index contributed by atoms with van der Waals surface area (Å²) >= 11 is 0. The fourth-order valence-electron chi connectivity index (χ4n) is 1.84. The van der Waals surface area contributed by atoms with Crippen LogP contribution in [0.3, 0.4) is 0 Å². The molecule has 2 N–H and O–H groups in total. The Hall–Kier alpha value is -1.32. The van der Waals surface area contributed by atoms with Gasteiger partial charge in [0, 0.05) is 24.1 Å². The maximum absolute atomic E-state index is 6.00. The van der Waals surface area contributed by atoms with Crippen LogP contribution in [-0.2, 0) is 5.41 Å². The average Bonchev–Trinajstić information content (AvgIpc) is 3.02. The quantitative estimate of drug-likeness (QED) is 0.853. The smallest absolute Gasteiger partial charge is 0.138 e. The largest absolute Gasteiger partial charge is 0.383 e. The summed E-state index contributed by atoms with van der Waals surface area (Å²) in [6.07, 6.45) is 2.51. The molecule has 0 bridgehead atoms. The summed E-state index contributed by atoms with van der Waals surface area (Å²) in [6, 6.07) is 0.635. The molecule has 0 aliphatic heterocycles. The van der Waals surface area contributed by atoms with Gasteiger partial charge in [0.25, 0.3) is 0 Å². The minimum Gasteiger partial charge on any atom is -0.383 e. The van der Waals surface area contributed by atoms with Gasteiger partial charge in [0.05, 0.1) is 0 Å². The normalized spacial score (nSPS) is 16.1. The molecule has 4 nitrogen and oxygen atoms in total. The molecule has 1 heterocycles. The summed E-state index contributed by atoms with van der Waals surface area (Å²) in [7, 11) is 2.10. The van der Waals surface area contributed by atoms with Gasteiger partial charge in [0.2, 0.25) is 0 Å². The molecule has 0 radical (unpaired) electrons. The van der Waals surface area contributed by atoms with E-state index in [4.69, 9.17) is 10.7 Å². The molecule has 0 aromatic carbocycles. The molecule has 1 aliphatic rings. The molecule has 1 aliphatic carbocycles. The number of rotatable bonds is 2. The minimum atomic E-state index is -0.0685. The molecule has 0 unspecified atom stereocenters. The van der Waals surface area contributed by atoms with Crippen LogP contribution in [0, 0.1) is 6.92 Å². The third kappa shape index (κ3) is 2.35. The van der Waals surface area contributed by atoms with Gasteiger partial charge in [-0.3, -0.25) is 0 Å². The maximum Gasteiger partial charge on any atom is 0.138 e. The second kappa shape index (κ2) is 3.86. The van der Waals surface area contributed by atoms with E-state index in [-0.39, 0.29) is 5.41 Å². The highest BCUT2D eigenvalue weighted by Crippen LogP contribution is 2.33. The van der Waals surface area contributed by atoms with E-state index in [1.54, 1.807) is 0 Å². The predicted octanol–water partition coefficient (Wildman–Crippen LogP) is 2.26. The Morgan fingerprint density at radius 2 is 1.82 bits per heavy atom. The van der Waals surface area contributed by atoms with Crippen LogP contribution >= 0.6 is 0 Å². The lowest BCUT2D eigenvalue weighted by atomic mass is 9.95. The molecule has 0 spiro atoms. The number of nitrogens with zero attached hydrogens (tertiary/aromatic N) is 3. The summed E-state index contributed by atoms with van der Waals surface area (Å²) in [4.78, 5) is 11.3. The first-order valence-electron chi connectivity index (χ1n) is 6.18. The number of hydrogen-bond acceptors (Lipinski definition) is 4. The summed E-state index contributed by atoms with van der Waals surface area (Å²) in [6.45, 7) is 8.32. The van der Waals surface area contributed by atoms with E-state index in [1.165, 1.54) is 12.8 Å². The molecule has 0 saturated heterocycles. The van der Waals surface area contributed by atoms with Crippen LogP contribution in [0.5, 0.6) is 0 Å². The SMILES string of the molecule is Cc1c(N)nc(C(C)(C)C)nc1N(C)C1CC1. The summed E-state index contributed by atoms with van der Waals surface area (Å²) < 4.78 is 0. The minimum absolute atomic E-state index is 0.0685. The Kier molecular flexibility index (Phi) is 2.76. The molecule has 1 saturated carbocycles. The maximum atomic E-state index is 6.00. The predicted molar refractivity (Wildman–Crippen MR) is 71.3 cm³/mol. The molecule has 2 rings (SSSR count). The van der Waals surface area contributed by atoms with Crippen LogP contribution < -0.4 is 10.6 Å². The van der Waals surface area contributed by atoms with E-state index in [1.807, 2.05) is 6.92 Å². The van der Waals surface area contributed by atoms with Crippen molar-refractivity contribution in [2.45, 2.75) is 52.0 Å². The van der Waals surface area contributed by atoms with Gasteiger partial charge in [0.1, 0.15) is 17.5 Å². The number of hydrogen-bond donors (Lipinski definition) is 1. The second-order valence-electron chi connectivity index (χ2n) is 5.97. The van der Waals surface area contributed by atoms with Gasteiger partial charge in [0.15, 0.2) is 0 Å². The summed E-state index contributed by atoms with van der Waals surface area (Å²) in [5, 5.41) is 0. The first-order valence-corrected chi connectivity index (χ1v) is 6.18. The van der Waals surface area contributed by atoms with Gasteiger partial charge in [-0.2, -0.15) is 0 Å². The highest BCUT2D eigenvalue weighted by molar-refractivity contribution is 5.57. The van der Waals surface area contributed by atoms with Crippen molar-refractivity contribution in [3.63, 3.8) is 0 Å². The van der Waals surface area contributed by atoms with Crippen LogP contribution in [0.25, 0.3) is 0 Å². The molecule has 0 atom stereocenters. The van der Waals surface area contributed by atoms with Crippen LogP contribution in [0.4, 0.5) is 11.6 Å². The van der Waals surface area contributed by atoms with Crippen LogP contribution in [0.1, 0.15) is 45.0 Å². The molecule has 17 heavy (non-hydrogen) atoms. The van der Waals surface area contributed by atoms with Gasteiger partial charge in [-0.25, -0.2) is 9.97 Å². The Balaban J connectivity index is 2.46. The van der Waals surface area contributed by atoms with E-state index in [9.17, 15) is 0 Å². The Morgan fingerprint density at radius 1 is 1.24 bits per heavy atom. The molecular weight excluding hydrogens is 212 g/mol. The van der Waals surface area contributed by atoms with E-state index in [0.29, 0.717) is 11.9 Å². The van der Waals surface area contributed by atoms with Gasteiger partial charge >= 0.3 is 0 Å². The zero-order valence-corrected chi connectivity index (χ0v) is 11.4. The number of nitrogen functional groups attached to an aromatic ring is 1. The molecule has 1 fully saturated rings. The fraction of sp³-hybridized carbons (Fsp3) is 0.692. The van der Waals surface area contributed by atoms with E-state index >= 15 is 0 Å². The molecule has 94 valence electrons. The van der Waals surface area contributed by atoms with Gasteiger partial charge in [-0.1, -0.05) is 20.8 Å². The lowest BCUT2D eigenvalue weighted by Crippen LogP contribution is -2.26. The van der Waals surface area contributed by atoms with Crippen molar-refractivity contribution in [2.24, 2.45) is 0 Å². The highest BCUT2D eigenvalue weighted by Gasteiger charge is 2.30. The number of aromatic nitrogens is 2. The molecule has 1 aromatic heterocycles. The summed E-state index contributed by atoms with van der Waals surface area (Å²) in [5.41, 5.74) is 6.92. The van der Waals surface area contributed by atoms with E-state index in [0.717, 1.165) is 17.2 Å². The molecule has 1 aromatic rings. The van der Waals surface area contributed by atoms with E-state index < -0.39 is 0 Å². The average molecular weight is 234 g/mol. The van der Waals surface area contributed by atoms with E-state index in [2.05, 4.69) is 37.7 Å². The van der Waals surface area contributed by atoms with Crippen molar-refractivity contribution < 1.29 is 0 Å². The lowest BCUT2D eigenvalue weighted by Gasteiger charge is -2.24. The van der Waals surface area contributed by atoms with Crippen molar-refractivity contribution in [1.82, 2.24) is 9.97 Å². The molecular formula is C13H22N4. The Bertz CT molecular complexity index is 430. The Morgan fingerprint density at radius 3 is 2.29 bits per heavy atom. The van der Waals surface area contributed by atoms with Crippen molar-refractivity contribution >= 4 is 11.6 Å². The molecule has 4 heteroatoms. The zero-order chi connectivity index (χ0) is 12.8. The first-order chi connectivity index (χ1) is 7.80. The van der Waals surface area contributed by atoms with Gasteiger partial charge in [-0.15, -0.1) is 0 Å². The van der Waals surface area contributed by atoms with Crippen molar-refractivity contribution in [2.75, 3.05) is 17.7 Å². The van der Waals surface area contributed by atoms with Crippen LogP contribution in [0.15, 0.2) is 0 Å². The second-order valence-corrected chi connectivity index (χ2v) is 5.97. The molecule has 0 amide bonds. The third-order valence-corrected chi connectivity index (χ3v) is 3.26. The number of nitrogens with two attached hydrogens (primary N) is 1. The van der Waals surface area contributed by atoms with Crippen molar-refractivity contribution in [1.29, 1.82) is 0 Å². The summed E-state index contributed by atoms with van der Waals surface area (Å²) in [5.74, 6) is 2.42. The van der Waals surface area contributed by atoms with Gasteiger partial charge < -0.3 is 10.6 Å². The lowest BCUT2D eigenvalue weighted by molar-refractivity contribution is 0.545. The van der Waals surface area contributed by atoms with Crippen LogP contribution in [-0.4, -0.2) is 23.1 Å².